The molecule has 0 saturated heterocycles. The topological polar surface area (TPSA) is 270 Å². The maximum absolute atomic E-state index is 11.7. The summed E-state index contributed by atoms with van der Waals surface area (Å²) in [6.45, 7) is 2.16. The number of ether oxygens (including phenoxy) is 1. The van der Waals surface area contributed by atoms with Crippen LogP contribution in [0.1, 0.15) is 31.8 Å². The number of hydrogen-bond donors (Lipinski definition) is 7. The summed E-state index contributed by atoms with van der Waals surface area (Å²) < 4.78 is 9.01. The SMILES string of the molecule is C=O.CN.CNc1cc(CCOc2cc(/C=C/C=C(\N)n3ccnc3)c(C(=O)O)cc2Cl)c(Cl)cc1C(=O)O.N/C(C=O)=C\C=C(/N)n1ccnc1. The fourth-order valence-corrected chi connectivity index (χ4v) is 4.41. The van der Waals surface area contributed by atoms with E-state index in [-0.39, 0.29) is 34.2 Å². The summed E-state index contributed by atoms with van der Waals surface area (Å²) in [7, 11) is 3.12. The minimum Gasteiger partial charge on any atom is -0.492 e. The molecule has 0 aliphatic rings. The van der Waals surface area contributed by atoms with E-state index in [0.29, 0.717) is 46.2 Å². The maximum Gasteiger partial charge on any atom is 0.337 e. The van der Waals surface area contributed by atoms with Crippen molar-refractivity contribution in [2.75, 3.05) is 26.0 Å². The van der Waals surface area contributed by atoms with Gasteiger partial charge in [0.05, 0.1) is 28.5 Å². The van der Waals surface area contributed by atoms with Crippen LogP contribution in [0.15, 0.2) is 91.7 Å². The van der Waals surface area contributed by atoms with Crippen LogP contribution < -0.4 is 33.0 Å². The van der Waals surface area contributed by atoms with Crippen molar-refractivity contribution in [3.8, 4) is 5.75 Å². The van der Waals surface area contributed by atoms with Crippen LogP contribution in [0.25, 0.3) is 17.7 Å². The molecule has 18 heteroatoms. The van der Waals surface area contributed by atoms with E-state index in [1.807, 2.05) is 6.79 Å². The minimum absolute atomic E-state index is 0.000770. The monoisotopic (exact) mass is 755 g/mol. The van der Waals surface area contributed by atoms with Crippen molar-refractivity contribution in [2.45, 2.75) is 6.42 Å². The predicted octanol–water partition coefficient (Wildman–Crippen LogP) is 3.79. The van der Waals surface area contributed by atoms with Gasteiger partial charge in [-0.1, -0.05) is 35.4 Å². The Bertz CT molecular complexity index is 1890. The van der Waals surface area contributed by atoms with Gasteiger partial charge in [0.1, 0.15) is 36.8 Å². The molecule has 0 aliphatic heterocycles. The highest BCUT2D eigenvalue weighted by atomic mass is 35.5. The number of carboxylic acids is 2. The van der Waals surface area contributed by atoms with E-state index >= 15 is 0 Å². The molecule has 0 unspecified atom stereocenters. The number of imidazole rings is 2. The highest BCUT2D eigenvalue weighted by molar-refractivity contribution is 6.32. The quantitative estimate of drug-likeness (QED) is 0.0581. The first kappa shape index (κ1) is 43.7. The Morgan fingerprint density at radius 2 is 1.44 bits per heavy atom. The fourth-order valence-electron chi connectivity index (χ4n) is 3.93. The predicted molar refractivity (Wildman–Crippen MR) is 202 cm³/mol. The Morgan fingerprint density at radius 1 is 0.885 bits per heavy atom. The van der Waals surface area contributed by atoms with E-state index in [1.165, 1.54) is 43.7 Å². The number of benzene rings is 2. The number of aromatic nitrogens is 4. The highest BCUT2D eigenvalue weighted by Crippen LogP contribution is 2.31. The molecular formula is C34H39Cl2N9O7. The van der Waals surface area contributed by atoms with Crippen molar-refractivity contribution in [3.05, 3.63) is 124 Å². The Labute approximate surface area is 309 Å². The van der Waals surface area contributed by atoms with Crippen molar-refractivity contribution in [1.82, 2.24) is 19.1 Å². The smallest absolute Gasteiger partial charge is 0.337 e. The van der Waals surface area contributed by atoms with Crippen molar-refractivity contribution in [1.29, 1.82) is 0 Å². The first-order chi connectivity index (χ1) is 24.9. The average molecular weight is 757 g/mol. The van der Waals surface area contributed by atoms with Gasteiger partial charge in [0.2, 0.25) is 0 Å². The lowest BCUT2D eigenvalue weighted by Crippen LogP contribution is -2.07. The van der Waals surface area contributed by atoms with E-state index < -0.39 is 11.9 Å². The van der Waals surface area contributed by atoms with E-state index in [0.717, 1.165) is 0 Å². The first-order valence-corrected chi connectivity index (χ1v) is 15.5. The molecule has 0 spiro atoms. The molecule has 11 N–H and O–H groups in total. The first-order valence-electron chi connectivity index (χ1n) is 14.7. The van der Waals surface area contributed by atoms with Crippen LogP contribution >= 0.6 is 23.2 Å². The summed E-state index contributed by atoms with van der Waals surface area (Å²) in [4.78, 5) is 48.9. The number of halogens is 2. The zero-order valence-electron chi connectivity index (χ0n) is 28.1. The molecule has 4 rings (SSSR count). The lowest BCUT2D eigenvalue weighted by molar-refractivity contribution is -0.105. The second-order valence-electron chi connectivity index (χ2n) is 9.58. The Hall–Kier alpha value is -6.36. The maximum atomic E-state index is 11.7. The fraction of sp³-hybridized carbons (Fsp3) is 0.118. The van der Waals surface area contributed by atoms with Crippen LogP contribution in [-0.4, -0.2) is 75.0 Å². The molecular weight excluding hydrogens is 717 g/mol. The molecule has 0 fully saturated rings. The molecule has 16 nitrogen and oxygen atoms in total. The number of carboxylic acid groups (broad SMARTS) is 2. The number of aldehydes is 1. The molecule has 2 heterocycles. The van der Waals surface area contributed by atoms with Gasteiger partial charge in [-0.3, -0.25) is 13.9 Å². The van der Waals surface area contributed by atoms with Crippen molar-refractivity contribution >= 4 is 71.6 Å². The number of nitrogens with one attached hydrogen (secondary N) is 1. The minimum atomic E-state index is -1.14. The third kappa shape index (κ3) is 13.5. The number of rotatable bonds is 13. The van der Waals surface area contributed by atoms with Gasteiger partial charge in [-0.15, -0.1) is 0 Å². The standard InChI is InChI=1S/C24H22Cl2N4O5.C8H10N4O.CH5N.CH2O/c1-28-20-9-15(18(25)12-17(20)24(33)34)5-8-35-21-10-14(16(23(31)32)11-19(21)26)3-2-4-22(27)30-7-6-29-13-30;9-7(5-13)1-2-8(10)12-4-3-11-6-12;2*1-2/h2-4,6-7,9-13,28H,5,8,27H2,1H3,(H,31,32)(H,33,34);1-6H,9-10H2;2H2,1H3;1H2/b3-2+,22-4+;7-1-,8-2+;;. The lowest BCUT2D eigenvalue weighted by atomic mass is 10.1. The van der Waals surface area contributed by atoms with Crippen LogP contribution in [0.4, 0.5) is 5.69 Å². The van der Waals surface area contributed by atoms with Crippen molar-refractivity contribution < 1.29 is 34.1 Å². The zero-order chi connectivity index (χ0) is 39.2. The van der Waals surface area contributed by atoms with Crippen LogP contribution in [0.5, 0.6) is 5.75 Å². The molecule has 0 aliphatic carbocycles. The van der Waals surface area contributed by atoms with Crippen LogP contribution in [-0.2, 0) is 16.0 Å². The van der Waals surface area contributed by atoms with E-state index in [9.17, 15) is 24.6 Å². The third-order valence-electron chi connectivity index (χ3n) is 6.38. The number of carbonyl (C=O) groups is 4. The summed E-state index contributed by atoms with van der Waals surface area (Å²) in [5.41, 5.74) is 23.0. The number of anilines is 1. The third-order valence-corrected chi connectivity index (χ3v) is 7.03. The number of nitrogens with zero attached hydrogens (tertiary/aromatic N) is 4. The molecule has 0 saturated carbocycles. The van der Waals surface area contributed by atoms with Gasteiger partial charge in [0, 0.05) is 49.0 Å². The average Bonchev–Trinajstić information content (AvgIpc) is 3.90. The molecule has 0 amide bonds. The molecule has 0 bridgehead atoms. The molecule has 4 aromatic rings. The van der Waals surface area contributed by atoms with E-state index in [4.69, 9.17) is 49.9 Å². The highest BCUT2D eigenvalue weighted by Gasteiger charge is 2.16. The number of nitrogens with two attached hydrogens (primary N) is 4. The molecule has 0 atom stereocenters. The van der Waals surface area contributed by atoms with Gasteiger partial charge in [-0.2, -0.15) is 0 Å². The molecule has 276 valence electrons. The van der Waals surface area contributed by atoms with Crippen LogP contribution in [0, 0.1) is 0 Å². The Morgan fingerprint density at radius 3 is 1.94 bits per heavy atom. The van der Waals surface area contributed by atoms with Crippen LogP contribution in [0.3, 0.4) is 0 Å². The summed E-state index contributed by atoms with van der Waals surface area (Å²) in [6, 6.07) is 5.87. The van der Waals surface area contributed by atoms with E-state index in [2.05, 4.69) is 21.0 Å². The van der Waals surface area contributed by atoms with Gasteiger partial charge in [0.25, 0.3) is 0 Å². The summed E-state index contributed by atoms with van der Waals surface area (Å²) in [6.07, 6.45) is 18.3. The number of carbonyl (C=O) groups excluding carboxylic acids is 2. The number of aromatic carboxylic acids is 2. The Balaban J connectivity index is 0.000000663. The molecule has 0 radical (unpaired) electrons. The van der Waals surface area contributed by atoms with Crippen molar-refractivity contribution in [3.63, 3.8) is 0 Å². The Kier molecular flexibility index (Phi) is 19.4. The second-order valence-corrected chi connectivity index (χ2v) is 10.4. The summed E-state index contributed by atoms with van der Waals surface area (Å²) in [5, 5.41) is 22.1. The van der Waals surface area contributed by atoms with Gasteiger partial charge in [0.15, 0.2) is 6.29 Å². The van der Waals surface area contributed by atoms with E-state index in [1.54, 1.807) is 71.6 Å². The van der Waals surface area contributed by atoms with Gasteiger partial charge >= 0.3 is 11.9 Å². The normalized spacial score (nSPS) is 11.2. The number of allylic oxidation sites excluding steroid dienone is 5. The zero-order valence-corrected chi connectivity index (χ0v) is 29.7. The summed E-state index contributed by atoms with van der Waals surface area (Å²) in [5.74, 6) is -1.11. The van der Waals surface area contributed by atoms with Crippen molar-refractivity contribution in [2.24, 2.45) is 22.9 Å². The van der Waals surface area contributed by atoms with Gasteiger partial charge in [-0.05, 0) is 60.7 Å². The van der Waals surface area contributed by atoms with Gasteiger partial charge in [-0.25, -0.2) is 19.6 Å². The molecule has 52 heavy (non-hydrogen) atoms. The van der Waals surface area contributed by atoms with Crippen LogP contribution in [0.2, 0.25) is 10.0 Å². The molecule has 2 aromatic heterocycles. The lowest BCUT2D eigenvalue weighted by Gasteiger charge is -2.13. The second kappa shape index (κ2) is 23.1. The van der Waals surface area contributed by atoms with Gasteiger partial charge < -0.3 is 48.0 Å². The molecule has 2 aromatic carbocycles. The summed E-state index contributed by atoms with van der Waals surface area (Å²) >= 11 is 12.5. The number of hydrogen-bond acceptors (Lipinski definition) is 12. The largest absolute Gasteiger partial charge is 0.492 e.